The van der Waals surface area contributed by atoms with Crippen LogP contribution in [0.4, 0.5) is 5.69 Å². The van der Waals surface area contributed by atoms with Crippen LogP contribution in [0.1, 0.15) is 21.5 Å². The van der Waals surface area contributed by atoms with E-state index in [0.717, 1.165) is 16.8 Å². The molecule has 0 radical (unpaired) electrons. The summed E-state index contributed by atoms with van der Waals surface area (Å²) in [6.07, 6.45) is 0. The number of hydrogen-bond donors (Lipinski definition) is 1. The molecule has 0 unspecified atom stereocenters. The number of anilines is 1. The van der Waals surface area contributed by atoms with E-state index < -0.39 is 0 Å². The highest BCUT2D eigenvalue weighted by Gasteiger charge is 2.31. The van der Waals surface area contributed by atoms with Gasteiger partial charge in [-0.05, 0) is 23.8 Å². The Morgan fingerprint density at radius 2 is 1.79 bits per heavy atom. The van der Waals surface area contributed by atoms with Crippen LogP contribution in [-0.4, -0.2) is 11.0 Å². The lowest BCUT2D eigenvalue weighted by Crippen LogP contribution is -2.21. The normalized spacial score (nSPS) is 13.8. The molecule has 3 rings (SSSR count). The van der Waals surface area contributed by atoms with Crippen LogP contribution in [-0.2, 0) is 6.61 Å². The minimum Gasteiger partial charge on any atom is -0.392 e. The van der Waals surface area contributed by atoms with Crippen LogP contribution >= 0.6 is 0 Å². The highest BCUT2D eigenvalue weighted by Crippen LogP contribution is 2.35. The minimum absolute atomic E-state index is 0.0463. The topological polar surface area (TPSA) is 40.5 Å². The van der Waals surface area contributed by atoms with Gasteiger partial charge in [-0.25, -0.2) is 0 Å². The summed E-state index contributed by atoms with van der Waals surface area (Å²) in [4.78, 5) is 14.0. The molecule has 0 fully saturated rings. The lowest BCUT2D eigenvalue weighted by Gasteiger charge is -2.18. The van der Waals surface area contributed by atoms with Crippen LogP contribution in [0.15, 0.2) is 55.1 Å². The summed E-state index contributed by atoms with van der Waals surface area (Å²) in [5.74, 6) is -0.0734. The van der Waals surface area contributed by atoms with Crippen molar-refractivity contribution in [2.45, 2.75) is 6.61 Å². The number of hydrogen-bond acceptors (Lipinski definition) is 2. The Balaban J connectivity index is 2.08. The molecule has 2 aromatic carbocycles. The zero-order valence-electron chi connectivity index (χ0n) is 10.3. The average molecular weight is 251 g/mol. The van der Waals surface area contributed by atoms with E-state index in [4.69, 9.17) is 0 Å². The molecule has 0 aromatic heterocycles. The summed E-state index contributed by atoms with van der Waals surface area (Å²) in [6.45, 7) is 3.96. The molecule has 0 saturated heterocycles. The summed E-state index contributed by atoms with van der Waals surface area (Å²) in [5.41, 5.74) is 3.71. The Morgan fingerprint density at radius 3 is 2.47 bits per heavy atom. The largest absolute Gasteiger partial charge is 0.392 e. The number of amides is 1. The maximum absolute atomic E-state index is 12.4. The molecule has 2 aromatic rings. The quantitative estimate of drug-likeness (QED) is 0.891. The number of carbonyl (C=O) groups is 1. The number of rotatable bonds is 2. The Labute approximate surface area is 111 Å². The van der Waals surface area contributed by atoms with Gasteiger partial charge < -0.3 is 5.11 Å². The molecule has 1 aliphatic rings. The first-order valence-corrected chi connectivity index (χ1v) is 6.05. The zero-order valence-corrected chi connectivity index (χ0v) is 10.3. The molecule has 94 valence electrons. The van der Waals surface area contributed by atoms with E-state index in [-0.39, 0.29) is 12.5 Å². The van der Waals surface area contributed by atoms with E-state index in [2.05, 4.69) is 6.58 Å². The molecule has 0 bridgehead atoms. The minimum atomic E-state index is -0.0734. The van der Waals surface area contributed by atoms with Gasteiger partial charge in [0.2, 0.25) is 0 Å². The number of aliphatic hydroxyl groups excluding tert-OH is 1. The third-order valence-corrected chi connectivity index (χ3v) is 3.29. The van der Waals surface area contributed by atoms with Crippen LogP contribution in [0, 0.1) is 0 Å². The zero-order chi connectivity index (χ0) is 13.4. The lowest BCUT2D eigenvalue weighted by molar-refractivity contribution is 0.101. The van der Waals surface area contributed by atoms with Gasteiger partial charge >= 0.3 is 0 Å². The number of benzene rings is 2. The first-order chi connectivity index (χ1) is 9.22. The Morgan fingerprint density at radius 1 is 1.05 bits per heavy atom. The van der Waals surface area contributed by atoms with Crippen molar-refractivity contribution in [1.82, 2.24) is 0 Å². The lowest BCUT2D eigenvalue weighted by atomic mass is 10.1. The third kappa shape index (κ3) is 1.75. The number of carbonyl (C=O) groups excluding carboxylic acids is 1. The summed E-state index contributed by atoms with van der Waals surface area (Å²) >= 11 is 0. The maximum Gasteiger partial charge on any atom is 0.263 e. The van der Waals surface area contributed by atoms with E-state index in [1.165, 1.54) is 0 Å². The second-order valence-electron chi connectivity index (χ2n) is 4.46. The first kappa shape index (κ1) is 11.7. The van der Waals surface area contributed by atoms with Crippen LogP contribution in [0.5, 0.6) is 0 Å². The van der Waals surface area contributed by atoms with Crippen molar-refractivity contribution in [3.63, 3.8) is 0 Å². The first-order valence-electron chi connectivity index (χ1n) is 6.05. The van der Waals surface area contributed by atoms with Crippen molar-refractivity contribution in [2.24, 2.45) is 0 Å². The average Bonchev–Trinajstić information content (AvgIpc) is 2.72. The summed E-state index contributed by atoms with van der Waals surface area (Å²) in [7, 11) is 0. The molecule has 1 amide bonds. The SMILES string of the molecule is C=C1c2ccccc2C(=O)N1c1cccc(CO)c1. The summed E-state index contributed by atoms with van der Waals surface area (Å²) in [6, 6.07) is 14.7. The van der Waals surface area contributed by atoms with Crippen LogP contribution in [0.2, 0.25) is 0 Å². The van der Waals surface area contributed by atoms with Gasteiger partial charge in [0.1, 0.15) is 0 Å². The number of nitrogens with zero attached hydrogens (tertiary/aromatic N) is 1. The van der Waals surface area contributed by atoms with E-state index in [1.807, 2.05) is 36.4 Å². The van der Waals surface area contributed by atoms with Crippen LogP contribution in [0.3, 0.4) is 0 Å². The van der Waals surface area contributed by atoms with Gasteiger partial charge in [-0.1, -0.05) is 36.9 Å². The maximum atomic E-state index is 12.4. The van der Waals surface area contributed by atoms with Gasteiger partial charge in [0.25, 0.3) is 5.91 Å². The molecule has 1 heterocycles. The monoisotopic (exact) mass is 251 g/mol. The third-order valence-electron chi connectivity index (χ3n) is 3.29. The molecule has 0 atom stereocenters. The molecule has 19 heavy (non-hydrogen) atoms. The molecule has 0 saturated carbocycles. The van der Waals surface area contributed by atoms with E-state index in [1.54, 1.807) is 17.0 Å². The van der Waals surface area contributed by atoms with Crippen molar-refractivity contribution >= 4 is 17.3 Å². The fourth-order valence-electron chi connectivity index (χ4n) is 2.35. The van der Waals surface area contributed by atoms with Crippen molar-refractivity contribution in [1.29, 1.82) is 0 Å². The van der Waals surface area contributed by atoms with Crippen LogP contribution < -0.4 is 4.90 Å². The molecule has 0 spiro atoms. The van der Waals surface area contributed by atoms with Gasteiger partial charge in [-0.3, -0.25) is 9.69 Å². The second-order valence-corrected chi connectivity index (χ2v) is 4.46. The number of aliphatic hydroxyl groups is 1. The molecule has 3 nitrogen and oxygen atoms in total. The fraction of sp³-hybridized carbons (Fsp3) is 0.0625. The van der Waals surface area contributed by atoms with E-state index in [9.17, 15) is 9.90 Å². The van der Waals surface area contributed by atoms with Gasteiger partial charge in [0.15, 0.2) is 0 Å². The molecular formula is C16H13NO2. The van der Waals surface area contributed by atoms with E-state index >= 15 is 0 Å². The van der Waals surface area contributed by atoms with Crippen molar-refractivity contribution in [2.75, 3.05) is 4.90 Å². The molecule has 1 aliphatic heterocycles. The van der Waals surface area contributed by atoms with Gasteiger partial charge in [-0.2, -0.15) is 0 Å². The van der Waals surface area contributed by atoms with Crippen molar-refractivity contribution in [3.8, 4) is 0 Å². The fourth-order valence-corrected chi connectivity index (χ4v) is 2.35. The Kier molecular flexibility index (Phi) is 2.69. The van der Waals surface area contributed by atoms with Crippen molar-refractivity contribution < 1.29 is 9.90 Å². The predicted octanol–water partition coefficient (Wildman–Crippen LogP) is 2.81. The second kappa shape index (κ2) is 4.37. The van der Waals surface area contributed by atoms with Gasteiger partial charge in [0, 0.05) is 16.8 Å². The van der Waals surface area contributed by atoms with Gasteiger partial charge in [0.05, 0.1) is 12.3 Å². The van der Waals surface area contributed by atoms with E-state index in [0.29, 0.717) is 11.3 Å². The standard InChI is InChI=1S/C16H13NO2/c1-11-14-7-2-3-8-15(14)16(19)17(11)13-6-4-5-12(9-13)10-18/h2-9,18H,1,10H2. The molecule has 1 N–H and O–H groups in total. The highest BCUT2D eigenvalue weighted by atomic mass is 16.3. The molecule has 3 heteroatoms. The molecular weight excluding hydrogens is 238 g/mol. The summed E-state index contributed by atoms with van der Waals surface area (Å²) in [5, 5.41) is 9.18. The Hall–Kier alpha value is -2.39. The predicted molar refractivity (Wildman–Crippen MR) is 74.7 cm³/mol. The molecule has 0 aliphatic carbocycles. The summed E-state index contributed by atoms with van der Waals surface area (Å²) < 4.78 is 0. The smallest absolute Gasteiger partial charge is 0.263 e. The van der Waals surface area contributed by atoms with Gasteiger partial charge in [-0.15, -0.1) is 0 Å². The Bertz CT molecular complexity index is 641. The van der Waals surface area contributed by atoms with Crippen LogP contribution in [0.25, 0.3) is 5.70 Å². The van der Waals surface area contributed by atoms with Crippen molar-refractivity contribution in [3.05, 3.63) is 71.8 Å². The number of fused-ring (bicyclic) bond motifs is 1. The highest BCUT2D eigenvalue weighted by molar-refractivity contribution is 6.21.